The number of likely N-dealkylation sites (N-methyl/N-ethyl adjacent to an activating group) is 1. The molecule has 1 unspecified atom stereocenters. The van der Waals surface area contributed by atoms with Crippen LogP contribution in [0.5, 0.6) is 0 Å². The van der Waals surface area contributed by atoms with Crippen molar-refractivity contribution in [2.75, 3.05) is 18.5 Å². The van der Waals surface area contributed by atoms with Gasteiger partial charge in [-0.25, -0.2) is 0 Å². The van der Waals surface area contributed by atoms with Gasteiger partial charge < -0.3 is 14.4 Å². The van der Waals surface area contributed by atoms with E-state index in [1.165, 1.54) is 11.3 Å². The molecule has 0 amide bonds. The van der Waals surface area contributed by atoms with Crippen LogP contribution in [0.3, 0.4) is 0 Å². The van der Waals surface area contributed by atoms with E-state index in [-0.39, 0.29) is 0 Å². The van der Waals surface area contributed by atoms with Crippen LogP contribution in [-0.4, -0.2) is 18.7 Å². The van der Waals surface area contributed by atoms with Gasteiger partial charge in [0.1, 0.15) is 5.76 Å². The van der Waals surface area contributed by atoms with Crippen LogP contribution in [0.4, 0.5) is 5.69 Å². The first kappa shape index (κ1) is 11.4. The summed E-state index contributed by atoms with van der Waals surface area (Å²) >= 11 is 0. The van der Waals surface area contributed by atoms with Gasteiger partial charge in [-0.15, -0.1) is 0 Å². The first-order chi connectivity index (χ1) is 8.74. The lowest BCUT2D eigenvalue weighted by atomic mass is 10.0. The normalized spacial score (nSPS) is 15.8. The SMILES string of the molecule is CN1CCc2cc(C(O)Cc3ccco3)ccc21. The quantitative estimate of drug-likeness (QED) is 0.900. The Labute approximate surface area is 107 Å². The second kappa shape index (κ2) is 4.50. The molecular formula is C15H17NO2. The molecule has 94 valence electrons. The lowest BCUT2D eigenvalue weighted by Gasteiger charge is -2.14. The van der Waals surface area contributed by atoms with Crippen LogP contribution >= 0.6 is 0 Å². The number of aliphatic hydroxyl groups excluding tert-OH is 1. The maximum atomic E-state index is 10.2. The van der Waals surface area contributed by atoms with Gasteiger partial charge in [-0.2, -0.15) is 0 Å². The average molecular weight is 243 g/mol. The van der Waals surface area contributed by atoms with E-state index in [1.54, 1.807) is 6.26 Å². The predicted octanol–water partition coefficient (Wildman–Crippen LogP) is 2.55. The lowest BCUT2D eigenvalue weighted by molar-refractivity contribution is 0.170. The number of anilines is 1. The standard InChI is InChI=1S/C15H17NO2/c1-16-7-6-11-9-12(4-5-14(11)16)15(17)10-13-3-2-8-18-13/h2-5,8-9,15,17H,6-7,10H2,1H3. The Kier molecular flexibility index (Phi) is 2.84. The van der Waals surface area contributed by atoms with Crippen molar-refractivity contribution in [2.45, 2.75) is 18.9 Å². The van der Waals surface area contributed by atoms with Gasteiger partial charge >= 0.3 is 0 Å². The van der Waals surface area contributed by atoms with Gasteiger partial charge in [0.15, 0.2) is 0 Å². The number of furan rings is 1. The zero-order valence-electron chi connectivity index (χ0n) is 10.5. The Balaban J connectivity index is 1.80. The summed E-state index contributed by atoms with van der Waals surface area (Å²) in [5.41, 5.74) is 3.58. The summed E-state index contributed by atoms with van der Waals surface area (Å²) in [6.45, 7) is 1.06. The van der Waals surface area contributed by atoms with E-state index < -0.39 is 6.10 Å². The summed E-state index contributed by atoms with van der Waals surface area (Å²) in [7, 11) is 2.10. The number of fused-ring (bicyclic) bond motifs is 1. The molecule has 1 atom stereocenters. The van der Waals surface area contributed by atoms with Crippen molar-refractivity contribution in [3.63, 3.8) is 0 Å². The third kappa shape index (κ3) is 2.02. The monoisotopic (exact) mass is 243 g/mol. The second-order valence-corrected chi connectivity index (χ2v) is 4.86. The molecule has 1 aliphatic rings. The fraction of sp³-hybridized carbons (Fsp3) is 0.333. The van der Waals surface area contributed by atoms with Crippen molar-refractivity contribution >= 4 is 5.69 Å². The van der Waals surface area contributed by atoms with Crippen molar-refractivity contribution in [1.82, 2.24) is 0 Å². The summed E-state index contributed by atoms with van der Waals surface area (Å²) in [4.78, 5) is 2.25. The molecule has 0 bridgehead atoms. The van der Waals surface area contributed by atoms with Crippen molar-refractivity contribution in [2.24, 2.45) is 0 Å². The fourth-order valence-electron chi connectivity index (χ4n) is 2.53. The molecule has 0 fully saturated rings. The molecule has 18 heavy (non-hydrogen) atoms. The number of hydrogen-bond donors (Lipinski definition) is 1. The van der Waals surface area contributed by atoms with E-state index in [9.17, 15) is 5.11 Å². The lowest BCUT2D eigenvalue weighted by Crippen LogP contribution is -2.12. The van der Waals surface area contributed by atoms with E-state index >= 15 is 0 Å². The molecule has 1 aromatic carbocycles. The molecule has 1 N–H and O–H groups in total. The minimum Gasteiger partial charge on any atom is -0.469 e. The van der Waals surface area contributed by atoms with E-state index in [2.05, 4.69) is 24.1 Å². The number of nitrogens with zero attached hydrogens (tertiary/aromatic N) is 1. The Morgan fingerprint density at radius 1 is 1.39 bits per heavy atom. The van der Waals surface area contributed by atoms with E-state index in [0.29, 0.717) is 6.42 Å². The Hall–Kier alpha value is -1.74. The van der Waals surface area contributed by atoms with Crippen molar-refractivity contribution < 1.29 is 9.52 Å². The first-order valence-electron chi connectivity index (χ1n) is 6.28. The fourth-order valence-corrected chi connectivity index (χ4v) is 2.53. The second-order valence-electron chi connectivity index (χ2n) is 4.86. The van der Waals surface area contributed by atoms with Crippen LogP contribution in [0.1, 0.15) is 23.0 Å². The predicted molar refractivity (Wildman–Crippen MR) is 70.8 cm³/mol. The number of rotatable bonds is 3. The Morgan fingerprint density at radius 2 is 2.28 bits per heavy atom. The number of aliphatic hydroxyl groups is 1. The van der Waals surface area contributed by atoms with Crippen LogP contribution < -0.4 is 4.90 Å². The van der Waals surface area contributed by atoms with Crippen LogP contribution in [0.15, 0.2) is 41.0 Å². The van der Waals surface area contributed by atoms with Crippen molar-refractivity contribution in [3.05, 3.63) is 53.5 Å². The summed E-state index contributed by atoms with van der Waals surface area (Å²) in [6, 6.07) is 9.97. The molecule has 3 heteroatoms. The summed E-state index contributed by atoms with van der Waals surface area (Å²) in [6.07, 6.45) is 2.74. The maximum Gasteiger partial charge on any atom is 0.106 e. The average Bonchev–Trinajstić information content (AvgIpc) is 2.99. The van der Waals surface area contributed by atoms with Gasteiger partial charge in [0.25, 0.3) is 0 Å². The van der Waals surface area contributed by atoms with Gasteiger partial charge in [-0.05, 0) is 35.7 Å². The highest BCUT2D eigenvalue weighted by molar-refractivity contribution is 5.58. The minimum absolute atomic E-state index is 0.493. The smallest absolute Gasteiger partial charge is 0.106 e. The van der Waals surface area contributed by atoms with Gasteiger partial charge in [-0.1, -0.05) is 12.1 Å². The highest BCUT2D eigenvalue weighted by atomic mass is 16.3. The van der Waals surface area contributed by atoms with E-state index in [4.69, 9.17) is 4.42 Å². The molecule has 2 aromatic rings. The maximum absolute atomic E-state index is 10.2. The van der Waals surface area contributed by atoms with Gasteiger partial charge in [0, 0.05) is 25.7 Å². The van der Waals surface area contributed by atoms with Crippen LogP contribution in [0, 0.1) is 0 Å². The molecule has 0 radical (unpaired) electrons. The summed E-state index contributed by atoms with van der Waals surface area (Å²) in [5.74, 6) is 0.820. The van der Waals surface area contributed by atoms with Gasteiger partial charge in [0.05, 0.1) is 12.4 Å². The van der Waals surface area contributed by atoms with Crippen LogP contribution in [-0.2, 0) is 12.8 Å². The molecule has 1 aliphatic heterocycles. The number of hydrogen-bond acceptors (Lipinski definition) is 3. The third-order valence-electron chi connectivity index (χ3n) is 3.59. The topological polar surface area (TPSA) is 36.6 Å². The Bertz CT molecular complexity index is 533. The molecule has 3 nitrogen and oxygen atoms in total. The van der Waals surface area contributed by atoms with Gasteiger partial charge in [-0.3, -0.25) is 0 Å². The molecule has 0 spiro atoms. The highest BCUT2D eigenvalue weighted by Gasteiger charge is 2.18. The first-order valence-corrected chi connectivity index (χ1v) is 6.28. The summed E-state index contributed by atoms with van der Waals surface area (Å²) in [5, 5.41) is 10.2. The Morgan fingerprint density at radius 3 is 3.06 bits per heavy atom. The molecule has 0 saturated heterocycles. The molecule has 1 aromatic heterocycles. The molecule has 2 heterocycles. The molecular weight excluding hydrogens is 226 g/mol. The zero-order valence-corrected chi connectivity index (χ0v) is 10.5. The minimum atomic E-state index is -0.493. The largest absolute Gasteiger partial charge is 0.469 e. The van der Waals surface area contributed by atoms with Crippen LogP contribution in [0.25, 0.3) is 0 Å². The summed E-state index contributed by atoms with van der Waals surface area (Å²) < 4.78 is 5.27. The highest BCUT2D eigenvalue weighted by Crippen LogP contribution is 2.30. The van der Waals surface area contributed by atoms with Gasteiger partial charge in [0.2, 0.25) is 0 Å². The molecule has 3 rings (SSSR count). The molecule has 0 saturated carbocycles. The van der Waals surface area contributed by atoms with E-state index in [0.717, 1.165) is 24.3 Å². The third-order valence-corrected chi connectivity index (χ3v) is 3.59. The number of benzene rings is 1. The van der Waals surface area contributed by atoms with Crippen LogP contribution in [0.2, 0.25) is 0 Å². The van der Waals surface area contributed by atoms with Crippen molar-refractivity contribution in [1.29, 1.82) is 0 Å². The zero-order chi connectivity index (χ0) is 12.5. The van der Waals surface area contributed by atoms with Crippen molar-refractivity contribution in [3.8, 4) is 0 Å². The molecule has 0 aliphatic carbocycles. The van der Waals surface area contributed by atoms with E-state index in [1.807, 2.05) is 18.2 Å².